The molecular weight excluding hydrogens is 604 g/mol. The van der Waals surface area contributed by atoms with Gasteiger partial charge >= 0.3 is 0 Å². The van der Waals surface area contributed by atoms with E-state index in [4.69, 9.17) is 0 Å². The Balaban J connectivity index is 0.000000164. The van der Waals surface area contributed by atoms with Gasteiger partial charge in [0.15, 0.2) is 0 Å². The minimum atomic E-state index is -0.543. The lowest BCUT2D eigenvalue weighted by atomic mass is 10.3. The van der Waals surface area contributed by atoms with Gasteiger partial charge in [-0.2, -0.15) is 0 Å². The molecule has 228 valence electrons. The molecule has 0 saturated heterocycles. The Labute approximate surface area is 272 Å². The van der Waals surface area contributed by atoms with Crippen LogP contribution in [0.4, 0.5) is 0 Å². The summed E-state index contributed by atoms with van der Waals surface area (Å²) in [6, 6.07) is 48.4. The fourth-order valence-corrected chi connectivity index (χ4v) is 9.15. The lowest BCUT2D eigenvalue weighted by molar-refractivity contribution is 0.697. The summed E-state index contributed by atoms with van der Waals surface area (Å²) in [5.41, 5.74) is 2.69. The highest BCUT2D eigenvalue weighted by atomic mass is 31.1. The van der Waals surface area contributed by atoms with E-state index < -0.39 is 15.8 Å². The maximum Gasteiger partial charge on any atom is 0.131 e. The first-order chi connectivity index (χ1) is 22.8. The van der Waals surface area contributed by atoms with Crippen LogP contribution in [0, 0.1) is 0 Å². The van der Waals surface area contributed by atoms with Crippen molar-refractivity contribution in [3.63, 3.8) is 0 Å². The van der Waals surface area contributed by atoms with Crippen LogP contribution in [0.5, 0.6) is 0 Å². The zero-order valence-electron chi connectivity index (χ0n) is 25.7. The maximum absolute atomic E-state index is 4.35. The fraction of sp³-hybridized carbons (Fsp3) is 0.108. The molecule has 7 rings (SSSR count). The van der Waals surface area contributed by atoms with Crippen molar-refractivity contribution < 1.29 is 0 Å². The van der Waals surface area contributed by atoms with Crippen molar-refractivity contribution in [3.05, 3.63) is 164 Å². The number of nitrogens with zero attached hydrogens (tertiary/aromatic N) is 7. The molecule has 4 aromatic carbocycles. The molecular formula is C37H35N7P2. The highest BCUT2D eigenvalue weighted by molar-refractivity contribution is 7.72. The summed E-state index contributed by atoms with van der Waals surface area (Å²) < 4.78 is 3.90. The number of aromatic nitrogens is 7. The highest BCUT2D eigenvalue weighted by Gasteiger charge is 2.16. The minimum absolute atomic E-state index is 0.458. The molecule has 3 heterocycles. The Kier molecular flexibility index (Phi) is 10.8. The molecule has 0 spiro atoms. The molecule has 0 N–H and O–H groups in total. The molecule has 0 atom stereocenters. The second-order valence-corrected chi connectivity index (χ2v) is 14.8. The van der Waals surface area contributed by atoms with E-state index in [1.54, 1.807) is 6.20 Å². The number of aryl methyl sites for hydroxylation is 1. The molecule has 0 aliphatic carbocycles. The third kappa shape index (κ3) is 8.25. The smallest absolute Gasteiger partial charge is 0.131 e. The molecule has 46 heavy (non-hydrogen) atoms. The van der Waals surface area contributed by atoms with Crippen molar-refractivity contribution in [2.75, 3.05) is 0 Å². The zero-order chi connectivity index (χ0) is 31.4. The van der Waals surface area contributed by atoms with E-state index in [0.717, 1.165) is 36.1 Å². The first kappa shape index (κ1) is 31.2. The third-order valence-electron chi connectivity index (χ3n) is 7.26. The molecule has 7 nitrogen and oxygen atoms in total. The molecule has 0 aliphatic heterocycles. The van der Waals surface area contributed by atoms with Crippen molar-refractivity contribution >= 4 is 37.1 Å². The van der Waals surface area contributed by atoms with Gasteiger partial charge in [0.2, 0.25) is 0 Å². The molecule has 0 bridgehead atoms. The summed E-state index contributed by atoms with van der Waals surface area (Å²) in [5.74, 6) is 0. The first-order valence-electron chi connectivity index (χ1n) is 15.2. The Morgan fingerprint density at radius 3 is 1.33 bits per heavy atom. The summed E-state index contributed by atoms with van der Waals surface area (Å²) in [4.78, 5) is 4.35. The van der Waals surface area contributed by atoms with Gasteiger partial charge in [-0.15, -0.1) is 10.2 Å². The molecule has 9 heteroatoms. The second kappa shape index (κ2) is 15.9. The summed E-state index contributed by atoms with van der Waals surface area (Å²) in [6.07, 6.45) is 8.40. The number of rotatable bonds is 10. The molecule has 0 aliphatic rings. The normalized spacial score (nSPS) is 10.9. The van der Waals surface area contributed by atoms with Crippen LogP contribution in [0.3, 0.4) is 0 Å². The van der Waals surface area contributed by atoms with Crippen LogP contribution in [-0.2, 0) is 19.0 Å². The van der Waals surface area contributed by atoms with Crippen LogP contribution in [0.1, 0.15) is 12.6 Å². The van der Waals surface area contributed by atoms with Crippen LogP contribution in [0.25, 0.3) is 11.4 Å². The SMILES string of the molecule is CCc1cn(CP(c2ccccc2)c2ccccc2)nn1.c1ccc(P(Cn2cc(-c3ccccn3)nn2)c2ccccc2)cc1. The number of hydrogen-bond acceptors (Lipinski definition) is 5. The monoisotopic (exact) mass is 639 g/mol. The predicted octanol–water partition coefficient (Wildman–Crippen LogP) is 6.36. The molecule has 0 amide bonds. The summed E-state index contributed by atoms with van der Waals surface area (Å²) >= 11 is 0. The Bertz CT molecular complexity index is 1800. The maximum atomic E-state index is 4.35. The highest BCUT2D eigenvalue weighted by Crippen LogP contribution is 2.36. The van der Waals surface area contributed by atoms with Gasteiger partial charge in [-0.25, -0.2) is 9.36 Å². The van der Waals surface area contributed by atoms with Gasteiger partial charge in [0.25, 0.3) is 0 Å². The van der Waals surface area contributed by atoms with E-state index in [0.29, 0.717) is 0 Å². The van der Waals surface area contributed by atoms with E-state index >= 15 is 0 Å². The van der Waals surface area contributed by atoms with Crippen LogP contribution >= 0.6 is 15.8 Å². The quantitative estimate of drug-likeness (QED) is 0.163. The van der Waals surface area contributed by atoms with Gasteiger partial charge in [-0.3, -0.25) is 4.98 Å². The van der Waals surface area contributed by atoms with Gasteiger partial charge in [0.05, 0.1) is 30.2 Å². The van der Waals surface area contributed by atoms with Gasteiger partial charge in [0.1, 0.15) is 5.69 Å². The van der Waals surface area contributed by atoms with E-state index in [-0.39, 0.29) is 0 Å². The standard InChI is InChI=1S/C20H17N4P.C17H18N3P/c1-3-9-17(10-4-1)25(18-11-5-2-6-12-18)16-24-15-20(22-23-24)19-13-7-8-14-21-19;1-2-15-13-20(19-18-15)14-21(16-9-5-3-6-10-16)17-11-7-4-8-12-17/h1-15H,16H2;3-13H,2,14H2,1H3. The second-order valence-electron chi connectivity index (χ2n) is 10.4. The van der Waals surface area contributed by atoms with Gasteiger partial charge in [0, 0.05) is 12.4 Å². The van der Waals surface area contributed by atoms with Crippen LogP contribution in [0.2, 0.25) is 0 Å². The summed E-state index contributed by atoms with van der Waals surface area (Å²) in [5, 5.41) is 22.5. The number of hydrogen-bond donors (Lipinski definition) is 0. The van der Waals surface area contributed by atoms with E-state index in [9.17, 15) is 0 Å². The van der Waals surface area contributed by atoms with Crippen molar-refractivity contribution in [3.8, 4) is 11.4 Å². The molecule has 3 aromatic heterocycles. The lowest BCUT2D eigenvalue weighted by Gasteiger charge is -2.18. The topological polar surface area (TPSA) is 74.3 Å². The largest absolute Gasteiger partial charge is 0.254 e. The predicted molar refractivity (Wildman–Crippen MR) is 191 cm³/mol. The molecule has 0 saturated carbocycles. The van der Waals surface area contributed by atoms with E-state index in [1.165, 1.54) is 21.2 Å². The molecule has 0 fully saturated rings. The molecule has 0 radical (unpaired) electrons. The zero-order valence-corrected chi connectivity index (χ0v) is 27.4. The third-order valence-corrected chi connectivity index (χ3v) is 12.1. The van der Waals surface area contributed by atoms with Crippen LogP contribution < -0.4 is 21.2 Å². The summed E-state index contributed by atoms with van der Waals surface area (Å²) in [6.45, 7) is 2.10. The Hall–Kier alpha value is -4.83. The fourth-order valence-electron chi connectivity index (χ4n) is 4.92. The van der Waals surface area contributed by atoms with E-state index in [1.807, 2.05) is 33.8 Å². The molecule has 7 aromatic rings. The Morgan fingerprint density at radius 1 is 0.478 bits per heavy atom. The number of benzene rings is 4. The van der Waals surface area contributed by atoms with Crippen molar-refractivity contribution in [2.45, 2.75) is 25.9 Å². The van der Waals surface area contributed by atoms with Crippen LogP contribution in [-0.4, -0.2) is 35.0 Å². The van der Waals surface area contributed by atoms with E-state index in [2.05, 4.69) is 160 Å². The van der Waals surface area contributed by atoms with Gasteiger partial charge in [-0.1, -0.05) is 145 Å². The Morgan fingerprint density at radius 2 is 0.913 bits per heavy atom. The first-order valence-corrected chi connectivity index (χ1v) is 18.3. The van der Waals surface area contributed by atoms with Crippen molar-refractivity contribution in [1.29, 1.82) is 0 Å². The van der Waals surface area contributed by atoms with Crippen LogP contribution in [0.15, 0.2) is 158 Å². The minimum Gasteiger partial charge on any atom is -0.254 e. The number of pyridine rings is 1. The summed E-state index contributed by atoms with van der Waals surface area (Å²) in [7, 11) is -1.00. The van der Waals surface area contributed by atoms with Gasteiger partial charge in [-0.05, 0) is 55.6 Å². The average Bonchev–Trinajstić information content (AvgIpc) is 3.82. The lowest BCUT2D eigenvalue weighted by Crippen LogP contribution is -2.15. The van der Waals surface area contributed by atoms with Gasteiger partial charge < -0.3 is 0 Å². The average molecular weight is 640 g/mol. The van der Waals surface area contributed by atoms with Crippen molar-refractivity contribution in [2.24, 2.45) is 0 Å². The van der Waals surface area contributed by atoms with Crippen molar-refractivity contribution in [1.82, 2.24) is 35.0 Å². The molecule has 0 unspecified atom stereocenters.